The van der Waals surface area contributed by atoms with Gasteiger partial charge in [0.05, 0.1) is 12.2 Å². The standard InChI is InChI=1S/C18H17N3O3/c1-2-23-17(22)15-10-8-13(9-11-15)12-19-18-20-16(24-21-18)14-6-4-3-5-7-14/h3-11H,2,12H2,1H3,(H,19,21). The Morgan fingerprint density at radius 1 is 1.12 bits per heavy atom. The Hall–Kier alpha value is -3.15. The van der Waals surface area contributed by atoms with Gasteiger partial charge in [-0.2, -0.15) is 4.98 Å². The molecule has 0 spiro atoms. The van der Waals surface area contributed by atoms with Gasteiger partial charge < -0.3 is 14.6 Å². The van der Waals surface area contributed by atoms with Crippen molar-refractivity contribution in [2.24, 2.45) is 0 Å². The zero-order valence-corrected chi connectivity index (χ0v) is 13.2. The maximum atomic E-state index is 11.6. The molecule has 2 aromatic carbocycles. The first-order valence-corrected chi connectivity index (χ1v) is 7.65. The highest BCUT2D eigenvalue weighted by molar-refractivity contribution is 5.89. The van der Waals surface area contributed by atoms with Crippen LogP contribution in [0.4, 0.5) is 5.95 Å². The summed E-state index contributed by atoms with van der Waals surface area (Å²) in [6, 6.07) is 16.8. The van der Waals surface area contributed by atoms with Gasteiger partial charge in [-0.15, -0.1) is 0 Å². The number of ether oxygens (including phenoxy) is 1. The largest absolute Gasteiger partial charge is 0.462 e. The first kappa shape index (κ1) is 15.7. The summed E-state index contributed by atoms with van der Waals surface area (Å²) in [7, 11) is 0. The molecule has 6 nitrogen and oxygen atoms in total. The van der Waals surface area contributed by atoms with E-state index < -0.39 is 0 Å². The fourth-order valence-corrected chi connectivity index (χ4v) is 2.15. The summed E-state index contributed by atoms with van der Waals surface area (Å²) in [6.07, 6.45) is 0. The SMILES string of the molecule is CCOC(=O)c1ccc(CNc2noc(-c3ccccc3)n2)cc1. The number of benzene rings is 2. The van der Waals surface area contributed by atoms with E-state index in [2.05, 4.69) is 15.5 Å². The van der Waals surface area contributed by atoms with E-state index in [1.807, 2.05) is 42.5 Å². The topological polar surface area (TPSA) is 77.2 Å². The van der Waals surface area contributed by atoms with Crippen LogP contribution in [0.15, 0.2) is 59.1 Å². The molecule has 1 heterocycles. The zero-order valence-electron chi connectivity index (χ0n) is 13.2. The molecule has 0 amide bonds. The van der Waals surface area contributed by atoms with Crippen LogP contribution in [0.25, 0.3) is 11.5 Å². The normalized spacial score (nSPS) is 10.4. The van der Waals surface area contributed by atoms with Gasteiger partial charge in [0.2, 0.25) is 0 Å². The number of anilines is 1. The molecule has 0 aliphatic rings. The summed E-state index contributed by atoms with van der Waals surface area (Å²) < 4.78 is 10.2. The van der Waals surface area contributed by atoms with Crippen LogP contribution in [-0.2, 0) is 11.3 Å². The van der Waals surface area contributed by atoms with Crippen LogP contribution in [0.2, 0.25) is 0 Å². The van der Waals surface area contributed by atoms with Crippen molar-refractivity contribution in [2.45, 2.75) is 13.5 Å². The number of carbonyl (C=O) groups excluding carboxylic acids is 1. The van der Waals surface area contributed by atoms with Crippen molar-refractivity contribution >= 4 is 11.9 Å². The first-order chi connectivity index (χ1) is 11.8. The molecule has 0 radical (unpaired) electrons. The highest BCUT2D eigenvalue weighted by Gasteiger charge is 2.09. The van der Waals surface area contributed by atoms with Crippen LogP contribution in [0.1, 0.15) is 22.8 Å². The van der Waals surface area contributed by atoms with E-state index >= 15 is 0 Å². The fraction of sp³-hybridized carbons (Fsp3) is 0.167. The molecule has 0 atom stereocenters. The van der Waals surface area contributed by atoms with Gasteiger partial charge in [0, 0.05) is 12.1 Å². The highest BCUT2D eigenvalue weighted by Crippen LogP contribution is 2.18. The lowest BCUT2D eigenvalue weighted by Gasteiger charge is -2.04. The number of carbonyl (C=O) groups is 1. The molecule has 1 N–H and O–H groups in total. The minimum Gasteiger partial charge on any atom is -0.462 e. The molecule has 3 rings (SSSR count). The molecule has 0 saturated carbocycles. The van der Waals surface area contributed by atoms with Crippen LogP contribution >= 0.6 is 0 Å². The maximum Gasteiger partial charge on any atom is 0.338 e. The molecular weight excluding hydrogens is 306 g/mol. The van der Waals surface area contributed by atoms with Crippen molar-refractivity contribution < 1.29 is 14.1 Å². The Morgan fingerprint density at radius 3 is 2.58 bits per heavy atom. The van der Waals surface area contributed by atoms with Crippen molar-refractivity contribution in [3.05, 3.63) is 65.7 Å². The Kier molecular flexibility index (Phi) is 4.86. The van der Waals surface area contributed by atoms with Crippen molar-refractivity contribution in [3.8, 4) is 11.5 Å². The van der Waals surface area contributed by atoms with E-state index in [4.69, 9.17) is 9.26 Å². The molecule has 6 heteroatoms. The average molecular weight is 323 g/mol. The smallest absolute Gasteiger partial charge is 0.338 e. The number of rotatable bonds is 6. The van der Waals surface area contributed by atoms with Gasteiger partial charge in [-0.1, -0.05) is 30.3 Å². The number of hydrogen-bond acceptors (Lipinski definition) is 6. The number of nitrogens with zero attached hydrogens (tertiary/aromatic N) is 2. The summed E-state index contributed by atoms with van der Waals surface area (Å²) in [4.78, 5) is 15.9. The van der Waals surface area contributed by atoms with Crippen LogP contribution in [0.5, 0.6) is 0 Å². The van der Waals surface area contributed by atoms with Gasteiger partial charge in [0.1, 0.15) is 0 Å². The van der Waals surface area contributed by atoms with Crippen LogP contribution < -0.4 is 5.32 Å². The second kappa shape index (κ2) is 7.41. The molecule has 0 aliphatic carbocycles. The van der Waals surface area contributed by atoms with Gasteiger partial charge in [0.25, 0.3) is 11.8 Å². The van der Waals surface area contributed by atoms with Gasteiger partial charge >= 0.3 is 5.97 Å². The van der Waals surface area contributed by atoms with E-state index in [9.17, 15) is 4.79 Å². The molecule has 0 bridgehead atoms. The summed E-state index contributed by atoms with van der Waals surface area (Å²) in [5, 5.41) is 7.00. The molecular formula is C18H17N3O3. The van der Waals surface area contributed by atoms with E-state index in [1.165, 1.54) is 0 Å². The van der Waals surface area contributed by atoms with E-state index in [0.717, 1.165) is 11.1 Å². The van der Waals surface area contributed by atoms with E-state index in [-0.39, 0.29) is 5.97 Å². The monoisotopic (exact) mass is 323 g/mol. The number of hydrogen-bond donors (Lipinski definition) is 1. The average Bonchev–Trinajstić information content (AvgIpc) is 3.10. The third-order valence-electron chi connectivity index (χ3n) is 3.36. The van der Waals surface area contributed by atoms with Crippen molar-refractivity contribution in [3.63, 3.8) is 0 Å². The molecule has 0 saturated heterocycles. The lowest BCUT2D eigenvalue weighted by atomic mass is 10.1. The molecule has 24 heavy (non-hydrogen) atoms. The Labute approximate surface area is 139 Å². The van der Waals surface area contributed by atoms with E-state index in [1.54, 1.807) is 19.1 Å². The summed E-state index contributed by atoms with van der Waals surface area (Å²) in [5.74, 6) is 0.571. The quantitative estimate of drug-likeness (QED) is 0.699. The predicted molar refractivity (Wildman–Crippen MR) is 89.5 cm³/mol. The third-order valence-corrected chi connectivity index (χ3v) is 3.36. The first-order valence-electron chi connectivity index (χ1n) is 7.65. The summed E-state index contributed by atoms with van der Waals surface area (Å²) >= 11 is 0. The van der Waals surface area contributed by atoms with Crippen molar-refractivity contribution in [1.82, 2.24) is 10.1 Å². The molecule has 3 aromatic rings. The van der Waals surface area contributed by atoms with Crippen molar-refractivity contribution in [1.29, 1.82) is 0 Å². The van der Waals surface area contributed by atoms with Gasteiger partial charge in [0.15, 0.2) is 0 Å². The zero-order chi connectivity index (χ0) is 16.8. The Bertz CT molecular complexity index is 798. The van der Waals surface area contributed by atoms with Gasteiger partial charge in [-0.05, 0) is 41.9 Å². The summed E-state index contributed by atoms with van der Waals surface area (Å²) in [5.41, 5.74) is 2.40. The molecule has 1 aromatic heterocycles. The molecule has 0 aliphatic heterocycles. The lowest BCUT2D eigenvalue weighted by molar-refractivity contribution is 0.0526. The van der Waals surface area contributed by atoms with Crippen LogP contribution in [0.3, 0.4) is 0 Å². The third kappa shape index (κ3) is 3.78. The number of esters is 1. The lowest BCUT2D eigenvalue weighted by Crippen LogP contribution is -2.05. The molecule has 122 valence electrons. The van der Waals surface area contributed by atoms with E-state index in [0.29, 0.717) is 30.6 Å². The molecule has 0 fully saturated rings. The van der Waals surface area contributed by atoms with Gasteiger partial charge in [-0.25, -0.2) is 4.79 Å². The van der Waals surface area contributed by atoms with Crippen LogP contribution in [0, 0.1) is 0 Å². The molecule has 0 unspecified atom stereocenters. The van der Waals surface area contributed by atoms with Gasteiger partial charge in [-0.3, -0.25) is 0 Å². The Morgan fingerprint density at radius 2 is 1.88 bits per heavy atom. The minimum atomic E-state index is -0.317. The Balaban J connectivity index is 1.60. The number of aromatic nitrogens is 2. The second-order valence-electron chi connectivity index (χ2n) is 5.06. The number of nitrogens with one attached hydrogen (secondary N) is 1. The fourth-order valence-electron chi connectivity index (χ4n) is 2.15. The van der Waals surface area contributed by atoms with Crippen molar-refractivity contribution in [2.75, 3.05) is 11.9 Å². The second-order valence-corrected chi connectivity index (χ2v) is 5.06. The maximum absolute atomic E-state index is 11.6. The predicted octanol–water partition coefficient (Wildman–Crippen LogP) is 3.53. The highest BCUT2D eigenvalue weighted by atomic mass is 16.5. The van der Waals surface area contributed by atoms with Crippen LogP contribution in [-0.4, -0.2) is 22.7 Å². The minimum absolute atomic E-state index is 0.317. The summed E-state index contributed by atoms with van der Waals surface area (Å²) in [6.45, 7) is 2.67.